The molecule has 6 heteroatoms. The number of aromatic nitrogens is 2. The predicted molar refractivity (Wildman–Crippen MR) is 80.8 cm³/mol. The summed E-state index contributed by atoms with van der Waals surface area (Å²) in [5.41, 5.74) is 7.21. The molecule has 2 rings (SSSR count). The minimum absolute atomic E-state index is 0.0370. The lowest BCUT2D eigenvalue weighted by Gasteiger charge is -2.23. The molecule has 0 radical (unpaired) electrons. The van der Waals surface area contributed by atoms with Crippen LogP contribution in [0.3, 0.4) is 0 Å². The topological polar surface area (TPSA) is 81.2 Å². The number of para-hydroxylation sites is 1. The fourth-order valence-corrected chi connectivity index (χ4v) is 2.24. The normalized spacial score (nSPS) is 10.4. The summed E-state index contributed by atoms with van der Waals surface area (Å²) >= 11 is 0. The average Bonchev–Trinajstić information content (AvgIpc) is 2.82. The number of hydrogen-bond donors (Lipinski definition) is 1. The highest BCUT2D eigenvalue weighted by Crippen LogP contribution is 2.25. The lowest BCUT2D eigenvalue weighted by molar-refractivity contribution is -0.116. The number of amides is 1. The van der Waals surface area contributed by atoms with Gasteiger partial charge in [-0.05, 0) is 26.0 Å². The molecule has 2 N–H and O–H groups in total. The number of primary amides is 1. The standard InChI is InChI=1S/C15H18N4O2/c1-3-18(9-14(16)21)15-13(10-20)11(2)17-19(15)12-7-5-4-6-8-12/h4-8,10H,3,9H2,1-2H3,(H2,16,21). The van der Waals surface area contributed by atoms with Gasteiger partial charge in [0.15, 0.2) is 6.29 Å². The monoisotopic (exact) mass is 286 g/mol. The summed E-state index contributed by atoms with van der Waals surface area (Å²) in [6.45, 7) is 4.25. The Kier molecular flexibility index (Phi) is 4.37. The molecule has 1 aromatic heterocycles. The number of aldehydes is 1. The Morgan fingerprint density at radius 3 is 2.57 bits per heavy atom. The van der Waals surface area contributed by atoms with E-state index in [4.69, 9.17) is 5.73 Å². The molecule has 21 heavy (non-hydrogen) atoms. The summed E-state index contributed by atoms with van der Waals surface area (Å²) in [6.07, 6.45) is 0.765. The Balaban J connectivity index is 2.61. The molecule has 0 aliphatic rings. The van der Waals surface area contributed by atoms with E-state index in [1.54, 1.807) is 16.5 Å². The highest BCUT2D eigenvalue weighted by Gasteiger charge is 2.21. The average molecular weight is 286 g/mol. The zero-order valence-corrected chi connectivity index (χ0v) is 12.1. The van der Waals surface area contributed by atoms with Gasteiger partial charge in [0.1, 0.15) is 5.82 Å². The third kappa shape index (κ3) is 2.94. The Morgan fingerprint density at radius 1 is 1.38 bits per heavy atom. The number of carbonyl (C=O) groups excluding carboxylic acids is 2. The first kappa shape index (κ1) is 14.8. The first-order valence-electron chi connectivity index (χ1n) is 6.72. The Hall–Kier alpha value is -2.63. The number of aryl methyl sites for hydroxylation is 1. The van der Waals surface area contributed by atoms with Crippen LogP contribution in [-0.4, -0.2) is 35.1 Å². The molecule has 0 saturated carbocycles. The van der Waals surface area contributed by atoms with Crippen molar-refractivity contribution in [3.63, 3.8) is 0 Å². The number of nitrogens with zero attached hydrogens (tertiary/aromatic N) is 3. The van der Waals surface area contributed by atoms with Crippen molar-refractivity contribution in [2.75, 3.05) is 18.0 Å². The van der Waals surface area contributed by atoms with Gasteiger partial charge in [-0.2, -0.15) is 5.10 Å². The van der Waals surface area contributed by atoms with Crippen molar-refractivity contribution in [1.29, 1.82) is 0 Å². The van der Waals surface area contributed by atoms with Crippen LogP contribution in [0.5, 0.6) is 0 Å². The molecule has 2 aromatic rings. The van der Waals surface area contributed by atoms with E-state index < -0.39 is 5.91 Å². The van der Waals surface area contributed by atoms with E-state index in [2.05, 4.69) is 5.10 Å². The zero-order valence-electron chi connectivity index (χ0n) is 12.1. The molecule has 0 aliphatic carbocycles. The summed E-state index contributed by atoms with van der Waals surface area (Å²) in [4.78, 5) is 24.4. The minimum Gasteiger partial charge on any atom is -0.368 e. The molecule has 1 heterocycles. The van der Waals surface area contributed by atoms with Crippen LogP contribution >= 0.6 is 0 Å². The van der Waals surface area contributed by atoms with Crippen LogP contribution in [0.1, 0.15) is 23.0 Å². The van der Waals surface area contributed by atoms with Gasteiger partial charge in [0.05, 0.1) is 23.5 Å². The molecular weight excluding hydrogens is 268 g/mol. The summed E-state index contributed by atoms with van der Waals surface area (Å²) in [5.74, 6) is 0.141. The van der Waals surface area contributed by atoms with Crippen molar-refractivity contribution in [2.45, 2.75) is 13.8 Å². The SMILES string of the molecule is CCN(CC(N)=O)c1c(C=O)c(C)nn1-c1ccccc1. The minimum atomic E-state index is -0.452. The molecule has 0 saturated heterocycles. The molecule has 1 aromatic carbocycles. The van der Waals surface area contributed by atoms with Crippen molar-refractivity contribution >= 4 is 18.0 Å². The summed E-state index contributed by atoms with van der Waals surface area (Å²) in [5, 5.41) is 4.42. The summed E-state index contributed by atoms with van der Waals surface area (Å²) in [7, 11) is 0. The largest absolute Gasteiger partial charge is 0.368 e. The number of anilines is 1. The number of hydrogen-bond acceptors (Lipinski definition) is 4. The van der Waals surface area contributed by atoms with Crippen LogP contribution in [0.15, 0.2) is 30.3 Å². The maximum atomic E-state index is 11.4. The molecule has 110 valence electrons. The van der Waals surface area contributed by atoms with Crippen LogP contribution in [0.25, 0.3) is 5.69 Å². The van der Waals surface area contributed by atoms with Crippen LogP contribution in [0, 0.1) is 6.92 Å². The fourth-order valence-electron chi connectivity index (χ4n) is 2.24. The lowest BCUT2D eigenvalue weighted by atomic mass is 10.2. The molecule has 1 amide bonds. The number of likely N-dealkylation sites (N-methyl/N-ethyl adjacent to an activating group) is 1. The van der Waals surface area contributed by atoms with E-state index in [0.29, 0.717) is 23.6 Å². The van der Waals surface area contributed by atoms with Gasteiger partial charge in [-0.15, -0.1) is 0 Å². The van der Waals surface area contributed by atoms with Crippen molar-refractivity contribution in [3.05, 3.63) is 41.6 Å². The van der Waals surface area contributed by atoms with E-state index >= 15 is 0 Å². The summed E-state index contributed by atoms with van der Waals surface area (Å²) in [6, 6.07) is 9.47. The molecule has 0 aliphatic heterocycles. The highest BCUT2D eigenvalue weighted by molar-refractivity contribution is 5.87. The number of benzene rings is 1. The van der Waals surface area contributed by atoms with E-state index in [9.17, 15) is 9.59 Å². The number of nitrogens with two attached hydrogens (primary N) is 1. The third-order valence-electron chi connectivity index (χ3n) is 3.23. The molecule has 0 spiro atoms. The van der Waals surface area contributed by atoms with Crippen LogP contribution in [0.2, 0.25) is 0 Å². The van der Waals surface area contributed by atoms with Crippen molar-refractivity contribution in [1.82, 2.24) is 9.78 Å². The van der Waals surface area contributed by atoms with Crippen LogP contribution < -0.4 is 10.6 Å². The maximum Gasteiger partial charge on any atom is 0.236 e. The molecule has 0 atom stereocenters. The first-order chi connectivity index (χ1) is 10.1. The second kappa shape index (κ2) is 6.21. The number of rotatable bonds is 6. The molecule has 6 nitrogen and oxygen atoms in total. The Morgan fingerprint density at radius 2 is 2.05 bits per heavy atom. The maximum absolute atomic E-state index is 11.4. The number of carbonyl (C=O) groups is 2. The lowest BCUT2D eigenvalue weighted by Crippen LogP contribution is -2.35. The van der Waals surface area contributed by atoms with E-state index in [0.717, 1.165) is 12.0 Å². The zero-order chi connectivity index (χ0) is 15.4. The summed E-state index contributed by atoms with van der Waals surface area (Å²) < 4.78 is 1.67. The Bertz CT molecular complexity index is 649. The fraction of sp³-hybridized carbons (Fsp3) is 0.267. The molecule has 0 unspecified atom stereocenters. The van der Waals surface area contributed by atoms with Gasteiger partial charge in [-0.1, -0.05) is 18.2 Å². The van der Waals surface area contributed by atoms with E-state index in [1.807, 2.05) is 37.3 Å². The molecule has 0 bridgehead atoms. The second-order valence-electron chi connectivity index (χ2n) is 4.67. The Labute approximate surface area is 123 Å². The van der Waals surface area contributed by atoms with Gasteiger partial charge in [-0.25, -0.2) is 4.68 Å². The van der Waals surface area contributed by atoms with Crippen molar-refractivity contribution in [3.8, 4) is 5.69 Å². The van der Waals surface area contributed by atoms with Crippen LogP contribution in [-0.2, 0) is 4.79 Å². The van der Waals surface area contributed by atoms with E-state index in [-0.39, 0.29) is 6.54 Å². The molecular formula is C15H18N4O2. The van der Waals surface area contributed by atoms with Gasteiger partial charge in [0.25, 0.3) is 0 Å². The van der Waals surface area contributed by atoms with Gasteiger partial charge >= 0.3 is 0 Å². The first-order valence-corrected chi connectivity index (χ1v) is 6.72. The van der Waals surface area contributed by atoms with Gasteiger partial charge in [-0.3, -0.25) is 9.59 Å². The second-order valence-corrected chi connectivity index (χ2v) is 4.67. The van der Waals surface area contributed by atoms with Crippen molar-refractivity contribution < 1.29 is 9.59 Å². The highest BCUT2D eigenvalue weighted by atomic mass is 16.1. The smallest absolute Gasteiger partial charge is 0.236 e. The molecule has 0 fully saturated rings. The van der Waals surface area contributed by atoms with Gasteiger partial charge < -0.3 is 10.6 Å². The van der Waals surface area contributed by atoms with Crippen molar-refractivity contribution in [2.24, 2.45) is 5.73 Å². The quantitative estimate of drug-likeness (QED) is 0.812. The van der Waals surface area contributed by atoms with Gasteiger partial charge in [0, 0.05) is 6.54 Å². The van der Waals surface area contributed by atoms with Crippen LogP contribution in [0.4, 0.5) is 5.82 Å². The van der Waals surface area contributed by atoms with E-state index in [1.165, 1.54) is 0 Å². The van der Waals surface area contributed by atoms with Gasteiger partial charge in [0.2, 0.25) is 5.91 Å². The third-order valence-corrected chi connectivity index (χ3v) is 3.23. The predicted octanol–water partition coefficient (Wildman–Crippen LogP) is 1.30.